The Bertz CT molecular complexity index is 717. The molecule has 24 heavy (non-hydrogen) atoms. The molecule has 0 atom stereocenters. The maximum absolute atomic E-state index is 13.9. The van der Waals surface area contributed by atoms with Crippen molar-refractivity contribution in [2.45, 2.75) is 38.1 Å². The Kier molecular flexibility index (Phi) is 4.33. The van der Waals surface area contributed by atoms with Crippen LogP contribution < -0.4 is 10.7 Å². The summed E-state index contributed by atoms with van der Waals surface area (Å²) in [5.74, 6) is -1.56. The normalized spacial score (nSPS) is 26.6. The second kappa shape index (κ2) is 6.16. The number of hydrogen-bond acceptors (Lipinski definition) is 3. The predicted molar refractivity (Wildman–Crippen MR) is 87.3 cm³/mol. The van der Waals surface area contributed by atoms with Crippen LogP contribution in [-0.2, 0) is 4.79 Å². The third-order valence-electron chi connectivity index (χ3n) is 4.68. The lowest BCUT2D eigenvalue weighted by Gasteiger charge is -2.33. The smallest absolute Gasteiger partial charge is 0.322 e. The zero-order valence-electron chi connectivity index (χ0n) is 13.1. The number of carbonyl (C=O) groups is 3. The van der Waals surface area contributed by atoms with E-state index in [1.807, 2.05) is 0 Å². The van der Waals surface area contributed by atoms with Crippen molar-refractivity contribution in [3.63, 3.8) is 0 Å². The summed E-state index contributed by atoms with van der Waals surface area (Å²) in [5.41, 5.74) is 1.03. The molecule has 1 heterocycles. The molecule has 0 bridgehead atoms. The highest BCUT2D eigenvalue weighted by molar-refractivity contribution is 9.10. The van der Waals surface area contributed by atoms with E-state index in [9.17, 15) is 18.8 Å². The molecule has 0 radical (unpaired) electrons. The van der Waals surface area contributed by atoms with Crippen LogP contribution in [-0.4, -0.2) is 28.4 Å². The van der Waals surface area contributed by atoms with Gasteiger partial charge in [-0.3, -0.25) is 15.0 Å². The quantitative estimate of drug-likeness (QED) is 0.753. The number of hydrazine groups is 1. The van der Waals surface area contributed by atoms with Crippen LogP contribution in [0.1, 0.15) is 43.0 Å². The van der Waals surface area contributed by atoms with Crippen LogP contribution >= 0.6 is 15.9 Å². The van der Waals surface area contributed by atoms with Crippen molar-refractivity contribution in [1.29, 1.82) is 0 Å². The van der Waals surface area contributed by atoms with Gasteiger partial charge in [0.25, 0.3) is 11.8 Å². The largest absolute Gasteiger partial charge is 0.344 e. The van der Waals surface area contributed by atoms with E-state index in [4.69, 9.17) is 0 Å². The molecule has 1 aromatic carbocycles. The maximum atomic E-state index is 13.9. The SMILES string of the molecule is CC1CCC2(CC1)NC(=O)N(NC(=O)c1ccc(Br)cc1F)C2=O. The second-order valence-corrected chi connectivity index (χ2v) is 7.32. The van der Waals surface area contributed by atoms with Crippen molar-refractivity contribution >= 4 is 33.8 Å². The summed E-state index contributed by atoms with van der Waals surface area (Å²) in [7, 11) is 0. The van der Waals surface area contributed by atoms with E-state index in [2.05, 4.69) is 33.6 Å². The van der Waals surface area contributed by atoms with E-state index in [-0.39, 0.29) is 5.56 Å². The number of halogens is 2. The Labute approximate surface area is 146 Å². The van der Waals surface area contributed by atoms with Gasteiger partial charge in [0.1, 0.15) is 11.4 Å². The molecule has 2 N–H and O–H groups in total. The summed E-state index contributed by atoms with van der Waals surface area (Å²) in [6.45, 7) is 2.10. The highest BCUT2D eigenvalue weighted by Gasteiger charge is 2.53. The molecule has 3 rings (SSSR count). The Hall–Kier alpha value is -1.96. The second-order valence-electron chi connectivity index (χ2n) is 6.40. The summed E-state index contributed by atoms with van der Waals surface area (Å²) >= 11 is 3.11. The molecule has 1 saturated heterocycles. The monoisotopic (exact) mass is 397 g/mol. The molecular weight excluding hydrogens is 381 g/mol. The molecule has 1 aliphatic heterocycles. The minimum absolute atomic E-state index is 0.239. The van der Waals surface area contributed by atoms with Crippen molar-refractivity contribution in [2.75, 3.05) is 0 Å². The molecule has 1 aromatic rings. The van der Waals surface area contributed by atoms with Crippen molar-refractivity contribution in [1.82, 2.24) is 15.8 Å². The zero-order chi connectivity index (χ0) is 17.5. The molecule has 1 saturated carbocycles. The predicted octanol–water partition coefficient (Wildman–Crippen LogP) is 2.73. The van der Waals surface area contributed by atoms with Gasteiger partial charge in [0, 0.05) is 4.47 Å². The van der Waals surface area contributed by atoms with Crippen LogP contribution in [0.15, 0.2) is 22.7 Å². The van der Waals surface area contributed by atoms with Gasteiger partial charge in [-0.05, 0) is 49.8 Å². The van der Waals surface area contributed by atoms with Crippen molar-refractivity contribution < 1.29 is 18.8 Å². The molecule has 2 aliphatic rings. The topological polar surface area (TPSA) is 78.5 Å². The summed E-state index contributed by atoms with van der Waals surface area (Å²) in [4.78, 5) is 37.0. The lowest BCUT2D eigenvalue weighted by molar-refractivity contribution is -0.134. The van der Waals surface area contributed by atoms with Crippen LogP contribution in [0.5, 0.6) is 0 Å². The highest BCUT2D eigenvalue weighted by atomic mass is 79.9. The van der Waals surface area contributed by atoms with Gasteiger partial charge in [-0.25, -0.2) is 9.18 Å². The van der Waals surface area contributed by atoms with Crippen LogP contribution in [0.25, 0.3) is 0 Å². The third-order valence-corrected chi connectivity index (χ3v) is 5.17. The first-order chi connectivity index (χ1) is 11.3. The fourth-order valence-corrected chi connectivity index (χ4v) is 3.48. The molecule has 0 aromatic heterocycles. The molecule has 4 amide bonds. The molecule has 1 aliphatic carbocycles. The Balaban J connectivity index is 1.76. The van der Waals surface area contributed by atoms with Crippen molar-refractivity contribution in [3.8, 4) is 0 Å². The standard InChI is InChI=1S/C16H17BrFN3O3/c1-9-4-6-16(7-5-9)14(23)21(15(24)19-16)20-13(22)11-3-2-10(17)8-12(11)18/h2-3,8-9H,4-7H2,1H3,(H,19,24)(H,20,22). The van der Waals surface area contributed by atoms with Crippen LogP contribution in [0, 0.1) is 11.7 Å². The summed E-state index contributed by atoms with van der Waals surface area (Å²) < 4.78 is 14.4. The highest BCUT2D eigenvalue weighted by Crippen LogP contribution is 2.35. The molecule has 1 spiro atoms. The van der Waals surface area contributed by atoms with E-state index in [0.717, 1.165) is 18.9 Å². The van der Waals surface area contributed by atoms with Gasteiger partial charge >= 0.3 is 6.03 Å². The first-order valence-corrected chi connectivity index (χ1v) is 8.54. The first-order valence-electron chi connectivity index (χ1n) is 7.75. The Morgan fingerprint density at radius 3 is 2.67 bits per heavy atom. The van der Waals surface area contributed by atoms with Gasteiger partial charge in [0.15, 0.2) is 0 Å². The average Bonchev–Trinajstić information content (AvgIpc) is 2.75. The van der Waals surface area contributed by atoms with Gasteiger partial charge in [0.2, 0.25) is 0 Å². The fraction of sp³-hybridized carbons (Fsp3) is 0.438. The lowest BCUT2D eigenvalue weighted by atomic mass is 9.77. The van der Waals surface area contributed by atoms with E-state index in [1.165, 1.54) is 12.1 Å². The minimum Gasteiger partial charge on any atom is -0.322 e. The van der Waals surface area contributed by atoms with Crippen LogP contribution in [0.3, 0.4) is 0 Å². The first kappa shape index (κ1) is 16.9. The van der Waals surface area contributed by atoms with E-state index in [0.29, 0.717) is 28.2 Å². The molecule has 6 nitrogen and oxygen atoms in total. The molecule has 2 fully saturated rings. The molecule has 128 valence electrons. The van der Waals surface area contributed by atoms with Crippen LogP contribution in [0.2, 0.25) is 0 Å². The number of nitrogens with zero attached hydrogens (tertiary/aromatic N) is 1. The van der Waals surface area contributed by atoms with E-state index in [1.54, 1.807) is 0 Å². The Morgan fingerprint density at radius 2 is 2.04 bits per heavy atom. The summed E-state index contributed by atoms with van der Waals surface area (Å²) in [5, 5.41) is 3.36. The van der Waals surface area contributed by atoms with Gasteiger partial charge in [-0.15, -0.1) is 0 Å². The zero-order valence-corrected chi connectivity index (χ0v) is 14.7. The third kappa shape index (κ3) is 2.90. The lowest BCUT2D eigenvalue weighted by Crippen LogP contribution is -2.51. The molecule has 8 heteroatoms. The number of nitrogens with one attached hydrogen (secondary N) is 2. The summed E-state index contributed by atoms with van der Waals surface area (Å²) in [6.07, 6.45) is 2.74. The number of benzene rings is 1. The van der Waals surface area contributed by atoms with Gasteiger partial charge in [-0.2, -0.15) is 5.01 Å². The number of imide groups is 1. The number of hydrogen-bond donors (Lipinski definition) is 2. The van der Waals surface area contributed by atoms with Gasteiger partial charge < -0.3 is 5.32 Å². The molecular formula is C16H17BrFN3O3. The number of urea groups is 1. The van der Waals surface area contributed by atoms with Gasteiger partial charge in [-0.1, -0.05) is 22.9 Å². The number of amides is 4. The summed E-state index contributed by atoms with van der Waals surface area (Å²) in [6, 6.07) is 3.25. The number of rotatable bonds is 2. The van der Waals surface area contributed by atoms with Crippen molar-refractivity contribution in [2.24, 2.45) is 5.92 Å². The Morgan fingerprint density at radius 1 is 1.38 bits per heavy atom. The van der Waals surface area contributed by atoms with E-state index >= 15 is 0 Å². The fourth-order valence-electron chi connectivity index (χ4n) is 3.15. The maximum Gasteiger partial charge on any atom is 0.344 e. The van der Waals surface area contributed by atoms with Crippen molar-refractivity contribution in [3.05, 3.63) is 34.1 Å². The van der Waals surface area contributed by atoms with Crippen LogP contribution in [0.4, 0.5) is 9.18 Å². The van der Waals surface area contributed by atoms with Gasteiger partial charge in [0.05, 0.1) is 5.56 Å². The number of carbonyl (C=O) groups excluding carboxylic acids is 3. The minimum atomic E-state index is -0.949. The average molecular weight is 398 g/mol. The molecule has 0 unspecified atom stereocenters. The van der Waals surface area contributed by atoms with E-state index < -0.39 is 29.2 Å².